The van der Waals surface area contributed by atoms with Gasteiger partial charge >= 0.3 is 6.09 Å². The maximum Gasteiger partial charge on any atom is 0.411 e. The number of methoxy groups -OCH3 is 1. The van der Waals surface area contributed by atoms with Crippen LogP contribution in [-0.2, 0) is 4.74 Å². The summed E-state index contributed by atoms with van der Waals surface area (Å²) < 4.78 is 4.48. The third kappa shape index (κ3) is 3.93. The van der Waals surface area contributed by atoms with Crippen LogP contribution in [0.2, 0.25) is 0 Å². The van der Waals surface area contributed by atoms with E-state index in [2.05, 4.69) is 20.4 Å². The van der Waals surface area contributed by atoms with Crippen LogP contribution in [0.1, 0.15) is 10.5 Å². The predicted molar refractivity (Wildman–Crippen MR) is 79.1 cm³/mol. The summed E-state index contributed by atoms with van der Waals surface area (Å²) in [5, 5.41) is 5.20. The van der Waals surface area contributed by atoms with Crippen LogP contribution >= 0.6 is 0 Å². The molecule has 0 saturated heterocycles. The third-order valence-electron chi connectivity index (χ3n) is 2.59. The van der Waals surface area contributed by atoms with Crippen molar-refractivity contribution in [3.05, 3.63) is 48.3 Å². The zero-order valence-electron chi connectivity index (χ0n) is 11.3. The summed E-state index contributed by atoms with van der Waals surface area (Å²) in [7, 11) is 1.28. The number of benzene rings is 1. The van der Waals surface area contributed by atoms with E-state index in [-0.39, 0.29) is 11.6 Å². The lowest BCUT2D eigenvalue weighted by Gasteiger charge is -2.07. The van der Waals surface area contributed by atoms with Gasteiger partial charge in [-0.15, -0.1) is 0 Å². The molecule has 0 atom stereocenters. The highest BCUT2D eigenvalue weighted by molar-refractivity contribution is 6.03. The fourth-order valence-corrected chi connectivity index (χ4v) is 1.54. The Hall–Kier alpha value is -3.09. The lowest BCUT2D eigenvalue weighted by atomic mass is 10.2. The SMILES string of the molecule is COC(=O)Nc1ccc(NC(=O)c2ccc(N)cn2)cc1. The number of aromatic nitrogens is 1. The molecule has 4 N–H and O–H groups in total. The first-order chi connectivity index (χ1) is 10.1. The van der Waals surface area contributed by atoms with E-state index in [0.717, 1.165) is 0 Å². The smallest absolute Gasteiger partial charge is 0.411 e. The number of carbonyl (C=O) groups excluding carboxylic acids is 2. The second kappa shape index (κ2) is 6.38. The predicted octanol–water partition coefficient (Wildman–Crippen LogP) is 2.09. The number of pyridine rings is 1. The van der Waals surface area contributed by atoms with Gasteiger partial charge in [0.25, 0.3) is 5.91 Å². The van der Waals surface area contributed by atoms with Gasteiger partial charge in [0.05, 0.1) is 19.0 Å². The largest absolute Gasteiger partial charge is 0.453 e. The molecule has 21 heavy (non-hydrogen) atoms. The van der Waals surface area contributed by atoms with Crippen molar-refractivity contribution in [3.63, 3.8) is 0 Å². The van der Waals surface area contributed by atoms with Crippen LogP contribution in [0.15, 0.2) is 42.6 Å². The topological polar surface area (TPSA) is 106 Å². The molecule has 2 rings (SSSR count). The van der Waals surface area contributed by atoms with Crippen molar-refractivity contribution in [2.24, 2.45) is 0 Å². The number of anilines is 3. The van der Waals surface area contributed by atoms with Gasteiger partial charge in [-0.05, 0) is 36.4 Å². The Morgan fingerprint density at radius 3 is 2.19 bits per heavy atom. The molecule has 2 aromatic rings. The van der Waals surface area contributed by atoms with Crippen LogP contribution in [0.5, 0.6) is 0 Å². The molecule has 0 spiro atoms. The number of nitrogens with two attached hydrogens (primary N) is 1. The van der Waals surface area contributed by atoms with E-state index < -0.39 is 6.09 Å². The lowest BCUT2D eigenvalue weighted by Crippen LogP contribution is -2.14. The molecule has 108 valence electrons. The van der Waals surface area contributed by atoms with E-state index in [1.807, 2.05) is 0 Å². The standard InChI is InChI=1S/C14H14N4O3/c1-21-14(20)18-11-5-3-10(4-6-11)17-13(19)12-7-2-9(15)8-16-12/h2-8H,15H2,1H3,(H,17,19)(H,18,20). The van der Waals surface area contributed by atoms with E-state index in [1.54, 1.807) is 30.3 Å². The number of nitrogens with one attached hydrogen (secondary N) is 2. The molecule has 1 aromatic heterocycles. The summed E-state index contributed by atoms with van der Waals surface area (Å²) in [4.78, 5) is 26.9. The average Bonchev–Trinajstić information content (AvgIpc) is 2.49. The number of carbonyl (C=O) groups is 2. The zero-order valence-corrected chi connectivity index (χ0v) is 11.3. The summed E-state index contributed by atoms with van der Waals surface area (Å²) in [5.74, 6) is -0.344. The molecule has 0 saturated carbocycles. The first-order valence-corrected chi connectivity index (χ1v) is 6.06. The molecule has 0 radical (unpaired) electrons. The molecule has 7 nitrogen and oxygen atoms in total. The highest BCUT2D eigenvalue weighted by Gasteiger charge is 2.07. The molecule has 1 aromatic carbocycles. The maximum atomic E-state index is 11.9. The third-order valence-corrected chi connectivity index (χ3v) is 2.59. The van der Waals surface area contributed by atoms with Crippen LogP contribution < -0.4 is 16.4 Å². The minimum absolute atomic E-state index is 0.265. The van der Waals surface area contributed by atoms with Gasteiger partial charge < -0.3 is 15.8 Å². The van der Waals surface area contributed by atoms with Gasteiger partial charge in [-0.25, -0.2) is 9.78 Å². The zero-order chi connectivity index (χ0) is 15.2. The van der Waals surface area contributed by atoms with E-state index in [9.17, 15) is 9.59 Å². The molecule has 0 fully saturated rings. The van der Waals surface area contributed by atoms with E-state index in [4.69, 9.17) is 5.73 Å². The molecule has 0 unspecified atom stereocenters. The Morgan fingerprint density at radius 1 is 1.05 bits per heavy atom. The van der Waals surface area contributed by atoms with Crippen molar-refractivity contribution in [2.45, 2.75) is 0 Å². The fourth-order valence-electron chi connectivity index (χ4n) is 1.54. The van der Waals surface area contributed by atoms with Crippen LogP contribution in [0.25, 0.3) is 0 Å². The highest BCUT2D eigenvalue weighted by Crippen LogP contribution is 2.14. The first-order valence-electron chi connectivity index (χ1n) is 6.06. The maximum absolute atomic E-state index is 11.9. The van der Waals surface area contributed by atoms with Gasteiger partial charge in [0.1, 0.15) is 5.69 Å². The Bertz CT molecular complexity index is 638. The second-order valence-electron chi connectivity index (χ2n) is 4.12. The molecule has 0 aliphatic heterocycles. The van der Waals surface area contributed by atoms with Crippen molar-refractivity contribution in [1.82, 2.24) is 4.98 Å². The highest BCUT2D eigenvalue weighted by atomic mass is 16.5. The number of amides is 2. The van der Waals surface area contributed by atoms with Crippen molar-refractivity contribution in [2.75, 3.05) is 23.5 Å². The number of nitrogens with zero attached hydrogens (tertiary/aromatic N) is 1. The number of hydrogen-bond acceptors (Lipinski definition) is 5. The van der Waals surface area contributed by atoms with Gasteiger partial charge in [-0.2, -0.15) is 0 Å². The quantitative estimate of drug-likeness (QED) is 0.801. The molecule has 0 aliphatic carbocycles. The van der Waals surface area contributed by atoms with Crippen molar-refractivity contribution in [3.8, 4) is 0 Å². The molecular weight excluding hydrogens is 272 g/mol. The van der Waals surface area contributed by atoms with Gasteiger partial charge in [0, 0.05) is 11.4 Å². The Kier molecular flexibility index (Phi) is 4.35. The van der Waals surface area contributed by atoms with Crippen molar-refractivity contribution in [1.29, 1.82) is 0 Å². The van der Waals surface area contributed by atoms with Gasteiger partial charge in [0.2, 0.25) is 0 Å². The van der Waals surface area contributed by atoms with Crippen LogP contribution in [0.4, 0.5) is 21.9 Å². The fraction of sp³-hybridized carbons (Fsp3) is 0.0714. The van der Waals surface area contributed by atoms with Crippen molar-refractivity contribution >= 4 is 29.1 Å². The average molecular weight is 286 g/mol. The van der Waals surface area contributed by atoms with Crippen molar-refractivity contribution < 1.29 is 14.3 Å². The molecule has 2 amide bonds. The molecule has 0 aliphatic rings. The van der Waals surface area contributed by atoms with Gasteiger partial charge in [-0.1, -0.05) is 0 Å². The summed E-state index contributed by atoms with van der Waals surface area (Å²) in [6.45, 7) is 0. The lowest BCUT2D eigenvalue weighted by molar-refractivity contribution is 0.102. The first kappa shape index (κ1) is 14.3. The van der Waals surface area contributed by atoms with E-state index >= 15 is 0 Å². The van der Waals surface area contributed by atoms with Crippen LogP contribution in [0.3, 0.4) is 0 Å². The number of rotatable bonds is 3. The summed E-state index contributed by atoms with van der Waals surface area (Å²) in [5.41, 5.74) is 7.40. The van der Waals surface area contributed by atoms with E-state index in [0.29, 0.717) is 17.1 Å². The summed E-state index contributed by atoms with van der Waals surface area (Å²) in [6.07, 6.45) is 0.857. The summed E-state index contributed by atoms with van der Waals surface area (Å²) in [6, 6.07) is 9.73. The number of hydrogen-bond donors (Lipinski definition) is 3. The molecule has 7 heteroatoms. The monoisotopic (exact) mass is 286 g/mol. The number of nitrogen functional groups attached to an aromatic ring is 1. The van der Waals surface area contributed by atoms with Gasteiger partial charge in [0.15, 0.2) is 0 Å². The number of ether oxygens (including phenoxy) is 1. The molecule has 1 heterocycles. The minimum atomic E-state index is -0.558. The van der Waals surface area contributed by atoms with Crippen LogP contribution in [0, 0.1) is 0 Å². The van der Waals surface area contributed by atoms with Gasteiger partial charge in [-0.3, -0.25) is 10.1 Å². The van der Waals surface area contributed by atoms with Crippen LogP contribution in [-0.4, -0.2) is 24.1 Å². The Morgan fingerprint density at radius 2 is 1.67 bits per heavy atom. The van der Waals surface area contributed by atoms with E-state index in [1.165, 1.54) is 19.4 Å². The second-order valence-corrected chi connectivity index (χ2v) is 4.12. The summed E-state index contributed by atoms with van der Waals surface area (Å²) >= 11 is 0. The Labute approximate surface area is 121 Å². The Balaban J connectivity index is 2.01. The minimum Gasteiger partial charge on any atom is -0.453 e. The normalized spacial score (nSPS) is 9.76. The molecular formula is C14H14N4O3. The molecule has 0 bridgehead atoms.